The predicted molar refractivity (Wildman–Crippen MR) is 77.7 cm³/mol. The predicted octanol–water partition coefficient (Wildman–Crippen LogP) is 3.36. The summed E-state index contributed by atoms with van der Waals surface area (Å²) >= 11 is 1.70. The number of pyridine rings is 1. The van der Waals surface area contributed by atoms with Crippen LogP contribution in [0.5, 0.6) is 5.88 Å². The van der Waals surface area contributed by atoms with Crippen molar-refractivity contribution in [1.82, 2.24) is 15.0 Å². The fraction of sp³-hybridized carbons (Fsp3) is 0.143. The van der Waals surface area contributed by atoms with E-state index in [4.69, 9.17) is 4.74 Å². The number of nitrogens with one attached hydrogen (secondary N) is 1. The zero-order chi connectivity index (χ0) is 13.2. The van der Waals surface area contributed by atoms with Gasteiger partial charge < -0.3 is 9.72 Å². The van der Waals surface area contributed by atoms with Gasteiger partial charge in [0.2, 0.25) is 5.88 Å². The van der Waals surface area contributed by atoms with Crippen molar-refractivity contribution >= 4 is 22.9 Å². The third-order valence-electron chi connectivity index (χ3n) is 2.89. The molecule has 2 heterocycles. The maximum atomic E-state index is 5.11. The first-order chi connectivity index (χ1) is 9.31. The minimum Gasteiger partial charge on any atom is -0.481 e. The number of hydrogen-bond donors (Lipinski definition) is 1. The zero-order valence-electron chi connectivity index (χ0n) is 10.7. The lowest BCUT2D eigenvalue weighted by atomic mass is 10.2. The summed E-state index contributed by atoms with van der Waals surface area (Å²) in [6, 6.07) is 11.9. The molecule has 0 saturated carbocycles. The highest BCUT2D eigenvalue weighted by molar-refractivity contribution is 7.98. The molecule has 3 aromatic rings. The van der Waals surface area contributed by atoms with E-state index >= 15 is 0 Å². The number of aromatic amines is 1. The zero-order valence-corrected chi connectivity index (χ0v) is 11.5. The number of nitrogens with zero attached hydrogens (tertiary/aromatic N) is 2. The van der Waals surface area contributed by atoms with Crippen LogP contribution < -0.4 is 4.74 Å². The molecule has 0 bridgehead atoms. The molecular formula is C14H13N3OS. The van der Waals surface area contributed by atoms with E-state index in [-0.39, 0.29) is 0 Å². The second-order valence-corrected chi connectivity index (χ2v) is 4.86. The average Bonchev–Trinajstić information content (AvgIpc) is 2.89. The molecule has 0 atom stereocenters. The van der Waals surface area contributed by atoms with E-state index in [1.54, 1.807) is 18.9 Å². The van der Waals surface area contributed by atoms with Crippen molar-refractivity contribution in [2.75, 3.05) is 13.4 Å². The summed E-state index contributed by atoms with van der Waals surface area (Å²) in [7, 11) is 1.60. The summed E-state index contributed by atoms with van der Waals surface area (Å²) in [6.07, 6.45) is 2.06. The van der Waals surface area contributed by atoms with E-state index in [0.29, 0.717) is 11.5 Å². The summed E-state index contributed by atoms with van der Waals surface area (Å²) in [5, 5.41) is 0. The normalized spacial score (nSPS) is 10.8. The molecule has 2 aromatic heterocycles. The van der Waals surface area contributed by atoms with E-state index in [1.807, 2.05) is 24.3 Å². The van der Waals surface area contributed by atoms with Crippen LogP contribution in [0.1, 0.15) is 0 Å². The summed E-state index contributed by atoms with van der Waals surface area (Å²) in [4.78, 5) is 13.3. The Morgan fingerprint density at radius 2 is 1.95 bits per heavy atom. The first kappa shape index (κ1) is 12.0. The van der Waals surface area contributed by atoms with Crippen molar-refractivity contribution < 1.29 is 4.74 Å². The number of methoxy groups -OCH3 is 1. The van der Waals surface area contributed by atoms with Crippen LogP contribution in [0.15, 0.2) is 41.3 Å². The van der Waals surface area contributed by atoms with Crippen molar-refractivity contribution in [3.63, 3.8) is 0 Å². The number of benzene rings is 1. The number of imidazole rings is 1. The van der Waals surface area contributed by atoms with E-state index in [2.05, 4.69) is 33.3 Å². The molecule has 4 nitrogen and oxygen atoms in total. The number of ether oxygens (including phenoxy) is 1. The fourth-order valence-electron chi connectivity index (χ4n) is 1.96. The van der Waals surface area contributed by atoms with E-state index in [0.717, 1.165) is 16.9 Å². The molecule has 0 fully saturated rings. The van der Waals surface area contributed by atoms with Gasteiger partial charge in [-0.3, -0.25) is 0 Å². The Balaban J connectivity index is 2.15. The molecule has 1 N–H and O–H groups in total. The van der Waals surface area contributed by atoms with Gasteiger partial charge in [0, 0.05) is 16.5 Å². The number of fused-ring (bicyclic) bond motifs is 1. The number of hydrogen-bond acceptors (Lipinski definition) is 4. The molecule has 0 saturated heterocycles. The van der Waals surface area contributed by atoms with Gasteiger partial charge in [-0.2, -0.15) is 4.98 Å². The Kier molecular flexibility index (Phi) is 3.13. The second kappa shape index (κ2) is 4.93. The molecule has 96 valence electrons. The Labute approximate surface area is 115 Å². The minimum absolute atomic E-state index is 0.573. The highest BCUT2D eigenvalue weighted by Crippen LogP contribution is 2.29. The lowest BCUT2D eigenvalue weighted by Gasteiger charge is -2.02. The topological polar surface area (TPSA) is 50.8 Å². The van der Waals surface area contributed by atoms with Gasteiger partial charge in [-0.05, 0) is 18.4 Å². The van der Waals surface area contributed by atoms with Gasteiger partial charge >= 0.3 is 0 Å². The van der Waals surface area contributed by atoms with Crippen molar-refractivity contribution in [1.29, 1.82) is 0 Å². The summed E-state index contributed by atoms with van der Waals surface area (Å²) in [5.41, 5.74) is 2.67. The molecule has 0 aliphatic carbocycles. The highest BCUT2D eigenvalue weighted by Gasteiger charge is 2.10. The number of thioether (sulfide) groups is 1. The van der Waals surface area contributed by atoms with E-state index in [1.165, 1.54) is 4.90 Å². The Bertz CT molecular complexity index is 724. The average molecular weight is 271 g/mol. The minimum atomic E-state index is 0.573. The number of H-pyrrole nitrogens is 1. The maximum absolute atomic E-state index is 5.11. The molecule has 0 aliphatic rings. The van der Waals surface area contributed by atoms with E-state index < -0.39 is 0 Å². The van der Waals surface area contributed by atoms with Crippen LogP contribution in [0.25, 0.3) is 22.6 Å². The number of rotatable bonds is 3. The first-order valence-corrected chi connectivity index (χ1v) is 7.08. The molecule has 0 radical (unpaired) electrons. The third kappa shape index (κ3) is 2.17. The van der Waals surface area contributed by atoms with Crippen LogP contribution in [0.3, 0.4) is 0 Å². The molecule has 3 rings (SSSR count). The van der Waals surface area contributed by atoms with Crippen molar-refractivity contribution in [2.45, 2.75) is 4.90 Å². The van der Waals surface area contributed by atoms with Gasteiger partial charge in [-0.25, -0.2) is 4.98 Å². The van der Waals surface area contributed by atoms with Crippen LogP contribution in [0.2, 0.25) is 0 Å². The standard InChI is InChI=1S/C14H13N3OS/c1-18-12-8-7-10-14(16-12)17-13(15-10)9-5-3-4-6-11(9)19-2/h3-8H,1-2H3,(H,15,16,17). The van der Waals surface area contributed by atoms with Gasteiger partial charge in [0.15, 0.2) is 5.65 Å². The van der Waals surface area contributed by atoms with Gasteiger partial charge in [-0.1, -0.05) is 18.2 Å². The number of aromatic nitrogens is 3. The first-order valence-electron chi connectivity index (χ1n) is 5.86. The molecule has 1 aromatic carbocycles. The van der Waals surface area contributed by atoms with Crippen molar-refractivity contribution in [2.24, 2.45) is 0 Å². The second-order valence-electron chi connectivity index (χ2n) is 4.01. The van der Waals surface area contributed by atoms with Crippen LogP contribution in [0.4, 0.5) is 0 Å². The summed E-state index contributed by atoms with van der Waals surface area (Å²) < 4.78 is 5.11. The van der Waals surface area contributed by atoms with E-state index in [9.17, 15) is 0 Å². The lowest BCUT2D eigenvalue weighted by Crippen LogP contribution is -1.86. The van der Waals surface area contributed by atoms with Crippen molar-refractivity contribution in [3.8, 4) is 17.3 Å². The maximum Gasteiger partial charge on any atom is 0.215 e. The highest BCUT2D eigenvalue weighted by atomic mass is 32.2. The third-order valence-corrected chi connectivity index (χ3v) is 3.69. The Morgan fingerprint density at radius 3 is 2.74 bits per heavy atom. The molecule has 0 aliphatic heterocycles. The smallest absolute Gasteiger partial charge is 0.215 e. The molecule has 0 amide bonds. The molecule has 19 heavy (non-hydrogen) atoms. The van der Waals surface area contributed by atoms with Crippen LogP contribution in [-0.4, -0.2) is 28.3 Å². The molecule has 0 spiro atoms. The Hall–Kier alpha value is -2.01. The van der Waals surface area contributed by atoms with Gasteiger partial charge in [0.1, 0.15) is 5.82 Å². The summed E-state index contributed by atoms with van der Waals surface area (Å²) in [5.74, 6) is 1.41. The quantitative estimate of drug-likeness (QED) is 0.742. The lowest BCUT2D eigenvalue weighted by molar-refractivity contribution is 0.399. The summed E-state index contributed by atoms with van der Waals surface area (Å²) in [6.45, 7) is 0. The van der Waals surface area contributed by atoms with Crippen LogP contribution >= 0.6 is 11.8 Å². The largest absolute Gasteiger partial charge is 0.481 e. The van der Waals surface area contributed by atoms with Crippen LogP contribution in [-0.2, 0) is 0 Å². The monoisotopic (exact) mass is 271 g/mol. The van der Waals surface area contributed by atoms with Crippen LogP contribution in [0, 0.1) is 0 Å². The van der Waals surface area contributed by atoms with Gasteiger partial charge in [0.25, 0.3) is 0 Å². The molecule has 0 unspecified atom stereocenters. The molecular weight excluding hydrogens is 258 g/mol. The fourth-order valence-corrected chi connectivity index (χ4v) is 2.56. The Morgan fingerprint density at radius 1 is 1.11 bits per heavy atom. The SMILES string of the molecule is COc1ccc2[nH]c(-c3ccccc3SC)nc2n1. The van der Waals surface area contributed by atoms with Gasteiger partial charge in [0.05, 0.1) is 12.6 Å². The molecule has 5 heteroatoms. The van der Waals surface area contributed by atoms with Crippen molar-refractivity contribution in [3.05, 3.63) is 36.4 Å². The van der Waals surface area contributed by atoms with Gasteiger partial charge in [-0.15, -0.1) is 11.8 Å².